The Bertz CT molecular complexity index is 358. The summed E-state index contributed by atoms with van der Waals surface area (Å²) in [5.74, 6) is 0. The summed E-state index contributed by atoms with van der Waals surface area (Å²) in [5, 5.41) is 4.06. The monoisotopic (exact) mass is 246 g/mol. The summed E-state index contributed by atoms with van der Waals surface area (Å²) in [6, 6.07) is 10.4. The molecule has 2 rings (SSSR count). The van der Waals surface area contributed by atoms with Crippen LogP contribution < -0.4 is 5.32 Å². The predicted molar refractivity (Wildman–Crippen MR) is 70.5 cm³/mol. The molecule has 0 spiro atoms. The average molecular weight is 246 g/mol. The van der Waals surface area contributed by atoms with E-state index in [4.69, 9.17) is 4.74 Å². The van der Waals surface area contributed by atoms with Gasteiger partial charge in [0.05, 0.1) is 12.6 Å². The standard InChI is InChI=1S/C15H20NO2/c17-15(16-14-10-4-5-11-14)18-12-6-9-13-7-2-1-3-8-13/h1-3,7-8,14H,4-6,9-12H2. The van der Waals surface area contributed by atoms with Crippen molar-refractivity contribution >= 4 is 6.09 Å². The first-order valence-electron chi connectivity index (χ1n) is 6.76. The molecule has 3 nitrogen and oxygen atoms in total. The van der Waals surface area contributed by atoms with E-state index in [0.29, 0.717) is 6.61 Å². The summed E-state index contributed by atoms with van der Waals surface area (Å²) < 4.78 is 5.12. The molecule has 1 aliphatic rings. The van der Waals surface area contributed by atoms with Crippen molar-refractivity contribution in [2.45, 2.75) is 44.6 Å². The Morgan fingerprint density at radius 3 is 2.67 bits per heavy atom. The van der Waals surface area contributed by atoms with Crippen molar-refractivity contribution in [3.05, 3.63) is 35.9 Å². The summed E-state index contributed by atoms with van der Waals surface area (Å²) in [4.78, 5) is 11.4. The molecule has 1 aromatic rings. The van der Waals surface area contributed by atoms with Crippen molar-refractivity contribution in [2.24, 2.45) is 0 Å². The van der Waals surface area contributed by atoms with Gasteiger partial charge in [-0.3, -0.25) is 0 Å². The second-order valence-corrected chi connectivity index (χ2v) is 4.77. The zero-order valence-electron chi connectivity index (χ0n) is 10.7. The predicted octanol–water partition coefficient (Wildman–Crippen LogP) is 3.30. The maximum atomic E-state index is 11.4. The molecule has 97 valence electrons. The average Bonchev–Trinajstić information content (AvgIpc) is 2.89. The molecule has 0 unspecified atom stereocenters. The third kappa shape index (κ3) is 4.40. The van der Waals surface area contributed by atoms with Gasteiger partial charge >= 0.3 is 6.09 Å². The number of carbonyl (C=O) groups excluding carboxylic acids is 1. The van der Waals surface area contributed by atoms with Crippen LogP contribution in [-0.4, -0.2) is 18.7 Å². The number of rotatable bonds is 5. The fourth-order valence-electron chi connectivity index (χ4n) is 2.30. The van der Waals surface area contributed by atoms with E-state index in [-0.39, 0.29) is 12.1 Å². The van der Waals surface area contributed by atoms with E-state index in [0.717, 1.165) is 25.7 Å². The Morgan fingerprint density at radius 1 is 1.22 bits per heavy atom. The lowest BCUT2D eigenvalue weighted by Crippen LogP contribution is -2.26. The minimum atomic E-state index is -0.380. The minimum Gasteiger partial charge on any atom is -0.448 e. The highest BCUT2D eigenvalue weighted by Crippen LogP contribution is 2.18. The van der Waals surface area contributed by atoms with E-state index in [1.165, 1.54) is 18.4 Å². The third-order valence-electron chi connectivity index (χ3n) is 3.29. The third-order valence-corrected chi connectivity index (χ3v) is 3.29. The quantitative estimate of drug-likeness (QED) is 0.748. The molecule has 0 atom stereocenters. The fourth-order valence-corrected chi connectivity index (χ4v) is 2.30. The molecule has 0 aliphatic heterocycles. The largest absolute Gasteiger partial charge is 0.448 e. The van der Waals surface area contributed by atoms with Gasteiger partial charge in [-0.1, -0.05) is 43.2 Å². The molecule has 3 heteroatoms. The number of hydrogen-bond acceptors (Lipinski definition) is 2. The van der Waals surface area contributed by atoms with Crippen LogP contribution in [0.4, 0.5) is 4.79 Å². The first-order valence-corrected chi connectivity index (χ1v) is 6.76. The Hall–Kier alpha value is -1.51. The summed E-state index contributed by atoms with van der Waals surface area (Å²) >= 11 is 0. The molecule has 1 radical (unpaired) electrons. The van der Waals surface area contributed by atoms with Crippen LogP contribution in [0.1, 0.15) is 37.7 Å². The number of amides is 1. The lowest BCUT2D eigenvalue weighted by molar-refractivity contribution is 0.140. The van der Waals surface area contributed by atoms with Gasteiger partial charge in [-0.15, -0.1) is 0 Å². The fraction of sp³-hybridized carbons (Fsp3) is 0.533. The molecular formula is C15H20NO2. The zero-order valence-corrected chi connectivity index (χ0v) is 10.7. The number of carbonyl (C=O) groups is 1. The molecule has 1 amide bonds. The van der Waals surface area contributed by atoms with Crippen LogP contribution in [0.2, 0.25) is 0 Å². The molecule has 1 fully saturated rings. The molecule has 0 heterocycles. The topological polar surface area (TPSA) is 40.4 Å². The highest BCUT2D eigenvalue weighted by atomic mass is 16.5. The van der Waals surface area contributed by atoms with Gasteiger partial charge in [0.15, 0.2) is 0 Å². The Morgan fingerprint density at radius 2 is 1.94 bits per heavy atom. The van der Waals surface area contributed by atoms with E-state index in [2.05, 4.69) is 17.4 Å². The molecule has 0 aromatic heterocycles. The Balaban J connectivity index is 1.56. The first kappa shape index (κ1) is 12.9. The molecule has 0 saturated heterocycles. The van der Waals surface area contributed by atoms with E-state index in [1.54, 1.807) is 0 Å². The highest BCUT2D eigenvalue weighted by Gasteiger charge is 2.19. The van der Waals surface area contributed by atoms with Crippen LogP contribution in [0, 0.1) is 0 Å². The van der Waals surface area contributed by atoms with Crippen molar-refractivity contribution in [2.75, 3.05) is 6.61 Å². The van der Waals surface area contributed by atoms with Gasteiger partial charge in [-0.05, 0) is 31.2 Å². The van der Waals surface area contributed by atoms with Crippen molar-refractivity contribution < 1.29 is 9.53 Å². The van der Waals surface area contributed by atoms with Crippen molar-refractivity contribution in [3.8, 4) is 0 Å². The van der Waals surface area contributed by atoms with Gasteiger partial charge in [0.2, 0.25) is 0 Å². The van der Waals surface area contributed by atoms with Gasteiger partial charge < -0.3 is 4.74 Å². The van der Waals surface area contributed by atoms with Gasteiger partial charge in [-0.25, -0.2) is 10.1 Å². The molecule has 18 heavy (non-hydrogen) atoms. The second-order valence-electron chi connectivity index (χ2n) is 4.77. The zero-order chi connectivity index (χ0) is 12.6. The number of aryl methyl sites for hydroxylation is 1. The van der Waals surface area contributed by atoms with E-state index in [1.807, 2.05) is 18.2 Å². The Kier molecular flexibility index (Phi) is 5.06. The number of ether oxygens (including phenoxy) is 1. The first-order chi connectivity index (χ1) is 8.84. The van der Waals surface area contributed by atoms with Gasteiger partial charge in [-0.2, -0.15) is 0 Å². The van der Waals surface area contributed by atoms with Crippen LogP contribution in [0.5, 0.6) is 0 Å². The lowest BCUT2D eigenvalue weighted by atomic mass is 10.1. The van der Waals surface area contributed by atoms with Gasteiger partial charge in [0, 0.05) is 0 Å². The smallest absolute Gasteiger partial charge is 0.429 e. The molecule has 1 aliphatic carbocycles. The molecule has 1 aromatic carbocycles. The van der Waals surface area contributed by atoms with Crippen molar-refractivity contribution in [1.29, 1.82) is 0 Å². The van der Waals surface area contributed by atoms with E-state index < -0.39 is 0 Å². The van der Waals surface area contributed by atoms with Gasteiger partial charge in [0.25, 0.3) is 0 Å². The second kappa shape index (κ2) is 7.04. The summed E-state index contributed by atoms with van der Waals surface area (Å²) in [7, 11) is 0. The Labute approximate surface area is 109 Å². The lowest BCUT2D eigenvalue weighted by Gasteiger charge is -2.09. The van der Waals surface area contributed by atoms with Crippen LogP contribution in [0.15, 0.2) is 30.3 Å². The summed E-state index contributed by atoms with van der Waals surface area (Å²) in [5.41, 5.74) is 1.28. The number of hydrogen-bond donors (Lipinski definition) is 0. The van der Waals surface area contributed by atoms with E-state index >= 15 is 0 Å². The molecule has 0 N–H and O–H groups in total. The van der Waals surface area contributed by atoms with E-state index in [9.17, 15) is 4.79 Å². The molecule has 0 bridgehead atoms. The van der Waals surface area contributed by atoms with Crippen molar-refractivity contribution in [3.63, 3.8) is 0 Å². The SMILES string of the molecule is O=C([N]C1CCCC1)OCCCc1ccccc1. The maximum absolute atomic E-state index is 11.4. The number of nitrogens with zero attached hydrogens (tertiary/aromatic N) is 1. The van der Waals surface area contributed by atoms with Crippen LogP contribution >= 0.6 is 0 Å². The van der Waals surface area contributed by atoms with Crippen molar-refractivity contribution in [1.82, 2.24) is 5.32 Å². The van der Waals surface area contributed by atoms with Gasteiger partial charge in [0.1, 0.15) is 0 Å². The van der Waals surface area contributed by atoms with Crippen LogP contribution in [-0.2, 0) is 11.2 Å². The molecular weight excluding hydrogens is 226 g/mol. The minimum absolute atomic E-state index is 0.214. The van der Waals surface area contributed by atoms with Crippen LogP contribution in [0.3, 0.4) is 0 Å². The normalized spacial score (nSPS) is 15.6. The highest BCUT2D eigenvalue weighted by molar-refractivity contribution is 5.67. The maximum Gasteiger partial charge on any atom is 0.429 e. The summed E-state index contributed by atoms with van der Waals surface area (Å²) in [6.45, 7) is 0.462. The van der Waals surface area contributed by atoms with Crippen LogP contribution in [0.25, 0.3) is 0 Å². The number of benzene rings is 1. The summed E-state index contributed by atoms with van der Waals surface area (Å²) in [6.07, 6.45) is 5.88. The molecule has 1 saturated carbocycles.